The number of hydrogen-bond donors (Lipinski definition) is 2. The molecule has 1 aromatic heterocycles. The van der Waals surface area contributed by atoms with Crippen molar-refractivity contribution in [3.63, 3.8) is 0 Å². The molecule has 0 unspecified atom stereocenters. The van der Waals surface area contributed by atoms with Crippen LogP contribution in [-0.4, -0.2) is 32.3 Å². The molecule has 0 aliphatic heterocycles. The van der Waals surface area contributed by atoms with Gasteiger partial charge in [0.25, 0.3) is 0 Å². The molecule has 1 heterocycles. The van der Waals surface area contributed by atoms with E-state index in [1.54, 1.807) is 7.05 Å². The van der Waals surface area contributed by atoms with Crippen LogP contribution in [0, 0.1) is 0 Å². The summed E-state index contributed by atoms with van der Waals surface area (Å²) in [5.74, 6) is 1.62. The Labute approximate surface area is 146 Å². The highest BCUT2D eigenvalue weighted by Crippen LogP contribution is 2.16. The fourth-order valence-corrected chi connectivity index (χ4v) is 1.62. The maximum Gasteiger partial charge on any atom is 0.196 e. The van der Waals surface area contributed by atoms with Crippen LogP contribution in [0.1, 0.15) is 19.7 Å². The second kappa shape index (κ2) is 8.51. The van der Waals surface area contributed by atoms with Crippen molar-refractivity contribution in [2.45, 2.75) is 26.5 Å². The molecule has 0 atom stereocenters. The zero-order valence-electron chi connectivity index (χ0n) is 12.7. The third-order valence-corrected chi connectivity index (χ3v) is 2.44. The second-order valence-electron chi connectivity index (χ2n) is 4.71. The molecule has 0 radical (unpaired) electrons. The lowest BCUT2D eigenvalue weighted by atomic mass is 10.3. The Morgan fingerprint density at radius 2 is 2.05 bits per heavy atom. The number of anilines is 1. The summed E-state index contributed by atoms with van der Waals surface area (Å²) in [7, 11) is 1.70. The number of hydrogen-bond acceptors (Lipinski definition) is 5. The van der Waals surface area contributed by atoms with Crippen LogP contribution in [0.25, 0.3) is 0 Å². The first-order valence-electron chi connectivity index (χ1n) is 6.59. The summed E-state index contributed by atoms with van der Waals surface area (Å²) in [6, 6.07) is 7.50. The Morgan fingerprint density at radius 3 is 2.59 bits per heavy atom. The number of ether oxygens (including phenoxy) is 1. The van der Waals surface area contributed by atoms with Crippen LogP contribution in [0.15, 0.2) is 29.3 Å². The van der Waals surface area contributed by atoms with Gasteiger partial charge in [0.1, 0.15) is 12.3 Å². The van der Waals surface area contributed by atoms with Gasteiger partial charge in [0.15, 0.2) is 11.8 Å². The highest BCUT2D eigenvalue weighted by Gasteiger charge is 2.01. The zero-order valence-corrected chi connectivity index (χ0v) is 15.1. The number of aliphatic imine (C=N–C) groups is 1. The van der Waals surface area contributed by atoms with Crippen molar-refractivity contribution < 1.29 is 4.74 Å². The molecule has 0 amide bonds. The molecule has 0 aliphatic carbocycles. The van der Waals surface area contributed by atoms with E-state index in [-0.39, 0.29) is 36.6 Å². The summed E-state index contributed by atoms with van der Waals surface area (Å²) in [4.78, 5) is 5.52. The number of nitrogens with zero attached hydrogens (tertiary/aromatic N) is 5. The van der Waals surface area contributed by atoms with Gasteiger partial charge in [-0.25, -0.2) is 4.99 Å². The Hall–Kier alpha value is -1.91. The topological polar surface area (TPSA) is 103 Å². The minimum atomic E-state index is 0. The molecule has 3 N–H and O–H groups in total. The molecule has 0 fully saturated rings. The van der Waals surface area contributed by atoms with Crippen molar-refractivity contribution >= 4 is 35.6 Å². The average Bonchev–Trinajstić information content (AvgIpc) is 2.84. The van der Waals surface area contributed by atoms with Crippen LogP contribution < -0.4 is 15.8 Å². The summed E-state index contributed by atoms with van der Waals surface area (Å²) in [5, 5.41) is 14.6. The predicted molar refractivity (Wildman–Crippen MR) is 95.4 cm³/mol. The van der Waals surface area contributed by atoms with E-state index >= 15 is 0 Å². The van der Waals surface area contributed by atoms with Crippen molar-refractivity contribution in [3.05, 3.63) is 30.1 Å². The van der Waals surface area contributed by atoms with Gasteiger partial charge in [-0.1, -0.05) is 0 Å². The molecule has 1 aromatic carbocycles. The molecule has 120 valence electrons. The monoisotopic (exact) mass is 417 g/mol. The Morgan fingerprint density at radius 1 is 1.36 bits per heavy atom. The van der Waals surface area contributed by atoms with Crippen molar-refractivity contribution in [2.75, 3.05) is 5.32 Å². The lowest BCUT2D eigenvalue weighted by molar-refractivity contribution is 0.242. The maximum atomic E-state index is 5.80. The number of nitrogens with two attached hydrogens (primary N) is 1. The highest BCUT2D eigenvalue weighted by atomic mass is 127. The van der Waals surface area contributed by atoms with Crippen LogP contribution in [0.2, 0.25) is 0 Å². The molecule has 2 rings (SSSR count). The Balaban J connectivity index is 0.00000242. The first kappa shape index (κ1) is 18.1. The predicted octanol–water partition coefficient (Wildman–Crippen LogP) is 1.54. The number of tetrazole rings is 1. The highest BCUT2D eigenvalue weighted by molar-refractivity contribution is 14.0. The van der Waals surface area contributed by atoms with E-state index in [1.807, 2.05) is 38.1 Å². The lowest BCUT2D eigenvalue weighted by Crippen LogP contribution is -2.22. The van der Waals surface area contributed by atoms with E-state index in [9.17, 15) is 0 Å². The molecular weight excluding hydrogens is 397 g/mol. The number of benzene rings is 1. The third-order valence-electron chi connectivity index (χ3n) is 2.44. The number of aromatic nitrogens is 4. The first-order chi connectivity index (χ1) is 10.0. The van der Waals surface area contributed by atoms with Gasteiger partial charge in [-0.2, -0.15) is 4.80 Å². The summed E-state index contributed by atoms with van der Waals surface area (Å²) >= 11 is 0. The number of halogens is 1. The summed E-state index contributed by atoms with van der Waals surface area (Å²) in [6.07, 6.45) is 0.148. The van der Waals surface area contributed by atoms with E-state index in [1.165, 1.54) is 4.80 Å². The zero-order chi connectivity index (χ0) is 15.2. The van der Waals surface area contributed by atoms with Crippen molar-refractivity contribution in [1.29, 1.82) is 0 Å². The molecular formula is C13H20IN7O. The average molecular weight is 417 g/mol. The van der Waals surface area contributed by atoms with Crippen LogP contribution in [0.5, 0.6) is 5.75 Å². The normalized spacial score (nSPS) is 11.2. The third kappa shape index (κ3) is 5.84. The molecule has 0 saturated heterocycles. The van der Waals surface area contributed by atoms with Crippen LogP contribution >= 0.6 is 24.0 Å². The smallest absolute Gasteiger partial charge is 0.196 e. The summed E-state index contributed by atoms with van der Waals surface area (Å²) in [5.41, 5.74) is 6.64. The quantitative estimate of drug-likeness (QED) is 0.435. The van der Waals surface area contributed by atoms with Crippen molar-refractivity contribution in [2.24, 2.45) is 17.8 Å². The van der Waals surface area contributed by atoms with Gasteiger partial charge in [0.2, 0.25) is 0 Å². The van der Waals surface area contributed by atoms with Gasteiger partial charge >= 0.3 is 0 Å². The van der Waals surface area contributed by atoms with Gasteiger partial charge in [0, 0.05) is 5.69 Å². The molecule has 0 spiro atoms. The SMILES string of the molecule is CC(C)Oc1ccc(NC(N)=NCc2nnn(C)n2)cc1.I. The molecule has 9 heteroatoms. The molecule has 0 aliphatic rings. The molecule has 2 aromatic rings. The van der Waals surface area contributed by atoms with Crippen LogP contribution in [0.4, 0.5) is 5.69 Å². The second-order valence-corrected chi connectivity index (χ2v) is 4.71. The number of nitrogens with one attached hydrogen (secondary N) is 1. The van der Waals surface area contributed by atoms with Crippen molar-refractivity contribution in [3.8, 4) is 5.75 Å². The molecule has 8 nitrogen and oxygen atoms in total. The molecule has 22 heavy (non-hydrogen) atoms. The summed E-state index contributed by atoms with van der Waals surface area (Å²) < 4.78 is 5.57. The van der Waals surface area contributed by atoms with Gasteiger partial charge in [-0.3, -0.25) is 0 Å². The van der Waals surface area contributed by atoms with E-state index in [2.05, 4.69) is 25.7 Å². The van der Waals surface area contributed by atoms with Crippen molar-refractivity contribution in [1.82, 2.24) is 20.2 Å². The molecule has 0 bridgehead atoms. The minimum Gasteiger partial charge on any atom is -0.491 e. The fraction of sp³-hybridized carbons (Fsp3) is 0.385. The minimum absolute atomic E-state index is 0. The van der Waals surface area contributed by atoms with E-state index in [4.69, 9.17) is 10.5 Å². The van der Waals surface area contributed by atoms with Gasteiger partial charge in [-0.15, -0.1) is 34.2 Å². The van der Waals surface area contributed by atoms with Gasteiger partial charge in [0.05, 0.1) is 13.2 Å². The van der Waals surface area contributed by atoms with E-state index in [0.29, 0.717) is 11.8 Å². The maximum absolute atomic E-state index is 5.80. The van der Waals surface area contributed by atoms with E-state index in [0.717, 1.165) is 11.4 Å². The molecule has 0 saturated carbocycles. The standard InChI is InChI=1S/C13H19N7O.HI/c1-9(2)21-11-6-4-10(5-7-11)16-13(14)15-8-12-17-19-20(3)18-12;/h4-7,9H,8H2,1-3H3,(H3,14,15,16);1H. The van der Waals surface area contributed by atoms with Crippen LogP contribution in [0.3, 0.4) is 0 Å². The largest absolute Gasteiger partial charge is 0.491 e. The lowest BCUT2D eigenvalue weighted by Gasteiger charge is -2.10. The van der Waals surface area contributed by atoms with Gasteiger partial charge < -0.3 is 15.8 Å². The summed E-state index contributed by atoms with van der Waals surface area (Å²) in [6.45, 7) is 4.25. The Kier molecular flexibility index (Phi) is 7.02. The Bertz CT molecular complexity index is 609. The number of rotatable bonds is 5. The first-order valence-corrected chi connectivity index (χ1v) is 6.59. The fourth-order valence-electron chi connectivity index (χ4n) is 1.62. The number of aryl methyl sites for hydroxylation is 1. The van der Waals surface area contributed by atoms with Gasteiger partial charge in [-0.05, 0) is 43.3 Å². The van der Waals surface area contributed by atoms with E-state index < -0.39 is 0 Å². The van der Waals surface area contributed by atoms with Crippen LogP contribution in [-0.2, 0) is 13.6 Å². The number of guanidine groups is 1.